The molecule has 6 nitrogen and oxygen atoms in total. The summed E-state index contributed by atoms with van der Waals surface area (Å²) in [6.45, 7) is 0.152. The number of anilines is 1. The van der Waals surface area contributed by atoms with Gasteiger partial charge >= 0.3 is 0 Å². The van der Waals surface area contributed by atoms with Crippen LogP contribution in [-0.2, 0) is 19.9 Å². The SMILES string of the molecule is CNc1ccccc1S(=O)(=O)NCC1CCS(=O)(=O)C1. The van der Waals surface area contributed by atoms with Gasteiger partial charge in [-0.05, 0) is 24.5 Å². The lowest BCUT2D eigenvalue weighted by molar-refractivity contribution is 0.543. The third-order valence-electron chi connectivity index (χ3n) is 3.33. The van der Waals surface area contributed by atoms with Crippen molar-refractivity contribution in [2.24, 2.45) is 5.92 Å². The highest BCUT2D eigenvalue weighted by Crippen LogP contribution is 2.21. The lowest BCUT2D eigenvalue weighted by atomic mass is 10.1. The van der Waals surface area contributed by atoms with Crippen LogP contribution in [0.3, 0.4) is 0 Å². The van der Waals surface area contributed by atoms with Crippen molar-refractivity contribution in [2.45, 2.75) is 11.3 Å². The second-order valence-corrected chi connectivity index (χ2v) is 8.83. The predicted molar refractivity (Wildman–Crippen MR) is 77.9 cm³/mol. The molecular formula is C12H18N2O4S2. The molecule has 1 aromatic carbocycles. The minimum Gasteiger partial charge on any atom is -0.387 e. The van der Waals surface area contributed by atoms with Crippen molar-refractivity contribution in [3.8, 4) is 0 Å². The van der Waals surface area contributed by atoms with Crippen LogP contribution in [0.2, 0.25) is 0 Å². The van der Waals surface area contributed by atoms with Crippen LogP contribution in [0.5, 0.6) is 0 Å². The van der Waals surface area contributed by atoms with Gasteiger partial charge < -0.3 is 5.32 Å². The van der Waals surface area contributed by atoms with E-state index in [1.807, 2.05) is 0 Å². The lowest BCUT2D eigenvalue weighted by Crippen LogP contribution is -2.30. The average molecular weight is 318 g/mol. The number of sulfone groups is 1. The van der Waals surface area contributed by atoms with E-state index in [1.54, 1.807) is 25.2 Å². The van der Waals surface area contributed by atoms with Crippen LogP contribution < -0.4 is 10.0 Å². The van der Waals surface area contributed by atoms with Crippen molar-refractivity contribution < 1.29 is 16.8 Å². The van der Waals surface area contributed by atoms with E-state index in [0.29, 0.717) is 12.1 Å². The molecule has 20 heavy (non-hydrogen) atoms. The fourth-order valence-corrected chi connectivity index (χ4v) is 5.44. The molecule has 1 unspecified atom stereocenters. The van der Waals surface area contributed by atoms with Gasteiger partial charge in [-0.25, -0.2) is 21.6 Å². The first kappa shape index (κ1) is 15.3. The van der Waals surface area contributed by atoms with E-state index in [4.69, 9.17) is 0 Å². The van der Waals surface area contributed by atoms with Crippen molar-refractivity contribution in [2.75, 3.05) is 30.4 Å². The molecule has 1 fully saturated rings. The third-order valence-corrected chi connectivity index (χ3v) is 6.65. The van der Waals surface area contributed by atoms with Gasteiger partial charge in [0, 0.05) is 13.6 Å². The standard InChI is InChI=1S/C12H18N2O4S2/c1-13-11-4-2-3-5-12(11)20(17,18)14-8-10-6-7-19(15,16)9-10/h2-5,10,13-14H,6-9H2,1H3. The zero-order valence-corrected chi connectivity index (χ0v) is 12.8. The summed E-state index contributed by atoms with van der Waals surface area (Å²) in [4.78, 5) is 0.170. The van der Waals surface area contributed by atoms with Crippen LogP contribution >= 0.6 is 0 Å². The normalized spacial score (nSPS) is 21.8. The fraction of sp³-hybridized carbons (Fsp3) is 0.500. The van der Waals surface area contributed by atoms with E-state index in [9.17, 15) is 16.8 Å². The van der Waals surface area contributed by atoms with Crippen LogP contribution in [0, 0.1) is 5.92 Å². The van der Waals surface area contributed by atoms with Gasteiger partial charge in [-0.2, -0.15) is 0 Å². The highest BCUT2D eigenvalue weighted by Gasteiger charge is 2.29. The third kappa shape index (κ3) is 3.50. The molecule has 0 saturated carbocycles. The van der Waals surface area contributed by atoms with Crippen LogP contribution in [-0.4, -0.2) is 41.9 Å². The van der Waals surface area contributed by atoms with Crippen LogP contribution in [0.15, 0.2) is 29.2 Å². The van der Waals surface area contributed by atoms with Crippen molar-refractivity contribution in [3.63, 3.8) is 0 Å². The first-order chi connectivity index (χ1) is 9.34. The van der Waals surface area contributed by atoms with Crippen molar-refractivity contribution in [1.82, 2.24) is 4.72 Å². The quantitative estimate of drug-likeness (QED) is 0.822. The van der Waals surface area contributed by atoms with Gasteiger partial charge in [-0.3, -0.25) is 0 Å². The number of hydrogen-bond donors (Lipinski definition) is 2. The zero-order chi connectivity index (χ0) is 14.8. The second-order valence-electron chi connectivity index (χ2n) is 4.87. The summed E-state index contributed by atoms with van der Waals surface area (Å²) in [5, 5.41) is 2.83. The monoisotopic (exact) mass is 318 g/mol. The van der Waals surface area contributed by atoms with Crippen LogP contribution in [0.4, 0.5) is 5.69 Å². The van der Waals surface area contributed by atoms with E-state index >= 15 is 0 Å². The minimum atomic E-state index is -3.64. The molecule has 1 heterocycles. The van der Waals surface area contributed by atoms with Gasteiger partial charge in [0.15, 0.2) is 9.84 Å². The molecule has 1 aliphatic rings. The van der Waals surface area contributed by atoms with Crippen molar-refractivity contribution in [1.29, 1.82) is 0 Å². The summed E-state index contributed by atoms with van der Waals surface area (Å²) in [6.07, 6.45) is 0.512. The first-order valence-electron chi connectivity index (χ1n) is 6.31. The summed E-state index contributed by atoms with van der Waals surface area (Å²) in [5.74, 6) is 0.0620. The molecule has 0 radical (unpaired) electrons. The van der Waals surface area contributed by atoms with Crippen molar-refractivity contribution >= 4 is 25.5 Å². The van der Waals surface area contributed by atoms with Crippen molar-refractivity contribution in [3.05, 3.63) is 24.3 Å². The van der Waals surface area contributed by atoms with E-state index in [2.05, 4.69) is 10.0 Å². The largest absolute Gasteiger partial charge is 0.387 e. The number of nitrogens with one attached hydrogen (secondary N) is 2. The maximum atomic E-state index is 12.2. The summed E-state index contributed by atoms with van der Waals surface area (Å²) in [5.41, 5.74) is 0.513. The van der Waals surface area contributed by atoms with Gasteiger partial charge in [-0.15, -0.1) is 0 Å². The Morgan fingerprint density at radius 2 is 2.00 bits per heavy atom. The van der Waals surface area contributed by atoms with Gasteiger partial charge in [-0.1, -0.05) is 12.1 Å². The molecule has 0 spiro atoms. The molecule has 8 heteroatoms. The maximum absolute atomic E-state index is 12.2. The van der Waals surface area contributed by atoms with Gasteiger partial charge in [0.05, 0.1) is 17.2 Å². The van der Waals surface area contributed by atoms with Gasteiger partial charge in [0.2, 0.25) is 10.0 Å². The molecule has 1 atom stereocenters. The first-order valence-corrected chi connectivity index (χ1v) is 9.61. The molecule has 1 aliphatic heterocycles. The Balaban J connectivity index is 2.08. The maximum Gasteiger partial charge on any atom is 0.242 e. The number of hydrogen-bond acceptors (Lipinski definition) is 5. The molecule has 0 aliphatic carbocycles. The molecule has 0 bridgehead atoms. The second kappa shape index (κ2) is 5.71. The Bertz CT molecular complexity index is 683. The van der Waals surface area contributed by atoms with E-state index in [1.165, 1.54) is 6.07 Å². The Labute approximate surface area is 119 Å². The van der Waals surface area contributed by atoms with E-state index in [-0.39, 0.29) is 28.9 Å². The van der Waals surface area contributed by atoms with Crippen LogP contribution in [0.25, 0.3) is 0 Å². The topological polar surface area (TPSA) is 92.3 Å². The molecule has 0 aromatic heterocycles. The molecule has 112 valence electrons. The summed E-state index contributed by atoms with van der Waals surface area (Å²) in [7, 11) is -4.97. The zero-order valence-electron chi connectivity index (χ0n) is 11.2. The summed E-state index contributed by atoms with van der Waals surface area (Å²) >= 11 is 0. The van der Waals surface area contributed by atoms with Crippen LogP contribution in [0.1, 0.15) is 6.42 Å². The Morgan fingerprint density at radius 3 is 2.60 bits per heavy atom. The summed E-state index contributed by atoms with van der Waals surface area (Å²) < 4.78 is 49.7. The van der Waals surface area contributed by atoms with E-state index < -0.39 is 19.9 Å². The molecule has 2 N–H and O–H groups in total. The molecule has 1 aromatic rings. The molecule has 1 saturated heterocycles. The van der Waals surface area contributed by atoms with Gasteiger partial charge in [0.1, 0.15) is 4.90 Å². The highest BCUT2D eigenvalue weighted by molar-refractivity contribution is 7.91. The van der Waals surface area contributed by atoms with Gasteiger partial charge in [0.25, 0.3) is 0 Å². The summed E-state index contributed by atoms with van der Waals surface area (Å²) in [6, 6.07) is 6.58. The average Bonchev–Trinajstić information content (AvgIpc) is 2.76. The molecule has 0 amide bonds. The number of sulfonamides is 1. The number of benzene rings is 1. The highest BCUT2D eigenvalue weighted by atomic mass is 32.2. The lowest BCUT2D eigenvalue weighted by Gasteiger charge is -2.13. The Morgan fingerprint density at radius 1 is 1.30 bits per heavy atom. The Hall–Kier alpha value is -1.12. The fourth-order valence-electron chi connectivity index (χ4n) is 2.25. The Kier molecular flexibility index (Phi) is 4.36. The minimum absolute atomic E-state index is 0.0587. The number of rotatable bonds is 5. The molecule has 2 rings (SSSR count). The smallest absolute Gasteiger partial charge is 0.242 e. The van der Waals surface area contributed by atoms with E-state index in [0.717, 1.165) is 0 Å². The predicted octanol–water partition coefficient (Wildman–Crippen LogP) is 0.441. The molecular weight excluding hydrogens is 300 g/mol. The number of para-hydroxylation sites is 1.